The minimum atomic E-state index is -0.518. The lowest BCUT2D eigenvalue weighted by Gasteiger charge is -2.02. The molecule has 0 amide bonds. The number of rotatable bonds is 6. The third-order valence-corrected chi connectivity index (χ3v) is 0.975. The first kappa shape index (κ1) is 10.7. The van der Waals surface area contributed by atoms with Gasteiger partial charge < -0.3 is 9.47 Å². The van der Waals surface area contributed by atoms with Gasteiger partial charge in [-0.15, -0.1) is 0 Å². The van der Waals surface area contributed by atoms with Crippen LogP contribution in [-0.4, -0.2) is 25.0 Å². The van der Waals surface area contributed by atoms with Crippen molar-refractivity contribution >= 4 is 11.8 Å². The van der Waals surface area contributed by atoms with E-state index >= 15 is 0 Å². The van der Waals surface area contributed by atoms with Crippen molar-refractivity contribution in [1.82, 2.24) is 0 Å². The zero-order valence-electron chi connectivity index (χ0n) is 7.04. The molecule has 0 atom stereocenters. The number of hydrogen-bond donors (Lipinski definition) is 0. The smallest absolute Gasteiger partial charge is 0.313 e. The van der Waals surface area contributed by atoms with E-state index in [1.54, 1.807) is 0 Å². The van der Waals surface area contributed by atoms with E-state index in [1.165, 1.54) is 13.2 Å². The van der Waals surface area contributed by atoms with Gasteiger partial charge in [0.1, 0.15) is 25.4 Å². The average molecular weight is 172 g/mol. The van der Waals surface area contributed by atoms with Crippen LogP contribution in [0.15, 0.2) is 12.8 Å². The molecule has 12 heavy (non-hydrogen) atoms. The van der Waals surface area contributed by atoms with Crippen molar-refractivity contribution in [3.63, 3.8) is 0 Å². The fourth-order valence-electron chi connectivity index (χ4n) is 0.541. The molecular weight excluding hydrogens is 160 g/mol. The summed E-state index contributed by atoms with van der Waals surface area (Å²) in [5.74, 6) is -0.722. The van der Waals surface area contributed by atoms with Crippen molar-refractivity contribution in [1.29, 1.82) is 0 Å². The monoisotopic (exact) mass is 172 g/mol. The first-order valence-corrected chi connectivity index (χ1v) is 3.54. The Morgan fingerprint density at radius 1 is 1.42 bits per heavy atom. The van der Waals surface area contributed by atoms with E-state index in [-0.39, 0.29) is 25.4 Å². The minimum Gasteiger partial charge on any atom is -0.498 e. The molecule has 0 radical (unpaired) electrons. The molecule has 0 aliphatic rings. The highest BCUT2D eigenvalue weighted by Crippen LogP contribution is 1.88. The molecule has 0 fully saturated rings. The minimum absolute atomic E-state index is 0.151. The van der Waals surface area contributed by atoms with Crippen LogP contribution in [0.25, 0.3) is 0 Å². The molecule has 0 spiro atoms. The predicted octanol–water partition coefficient (Wildman–Crippen LogP) is 0.669. The molecule has 0 aliphatic carbocycles. The Morgan fingerprint density at radius 3 is 2.58 bits per heavy atom. The maximum absolute atomic E-state index is 10.7. The number of carbonyl (C=O) groups is 2. The van der Waals surface area contributed by atoms with Crippen LogP contribution < -0.4 is 0 Å². The van der Waals surface area contributed by atoms with Gasteiger partial charge in [0, 0.05) is 0 Å². The summed E-state index contributed by atoms with van der Waals surface area (Å²) >= 11 is 0. The summed E-state index contributed by atoms with van der Waals surface area (Å²) in [6.07, 6.45) is 1.09. The Morgan fingerprint density at radius 2 is 2.08 bits per heavy atom. The van der Waals surface area contributed by atoms with Gasteiger partial charge in [-0.25, -0.2) is 0 Å². The van der Waals surface area contributed by atoms with Gasteiger partial charge >= 0.3 is 5.97 Å². The van der Waals surface area contributed by atoms with E-state index in [2.05, 4.69) is 11.3 Å². The second-order valence-corrected chi connectivity index (χ2v) is 2.14. The molecule has 0 aromatic carbocycles. The van der Waals surface area contributed by atoms with Gasteiger partial charge in [-0.05, 0) is 6.92 Å². The number of ketones is 1. The van der Waals surface area contributed by atoms with Crippen molar-refractivity contribution in [2.45, 2.75) is 13.3 Å². The first-order chi connectivity index (χ1) is 5.66. The highest BCUT2D eigenvalue weighted by atomic mass is 16.6. The molecule has 0 bridgehead atoms. The van der Waals surface area contributed by atoms with E-state index < -0.39 is 5.97 Å². The van der Waals surface area contributed by atoms with Crippen LogP contribution in [0.1, 0.15) is 13.3 Å². The summed E-state index contributed by atoms with van der Waals surface area (Å²) in [6.45, 7) is 5.07. The zero-order valence-corrected chi connectivity index (χ0v) is 7.04. The van der Waals surface area contributed by atoms with Gasteiger partial charge in [0.2, 0.25) is 0 Å². The van der Waals surface area contributed by atoms with Gasteiger partial charge in [-0.1, -0.05) is 6.58 Å². The number of esters is 1. The van der Waals surface area contributed by atoms with Crippen molar-refractivity contribution in [2.24, 2.45) is 0 Å². The second kappa shape index (κ2) is 6.39. The van der Waals surface area contributed by atoms with E-state index in [1.807, 2.05) is 0 Å². The number of Topliss-reactive ketones (excluding diaryl/α,β-unsaturated/α-hetero) is 1. The fraction of sp³-hybridized carbons (Fsp3) is 0.500. The average Bonchev–Trinajstić information content (AvgIpc) is 1.97. The van der Waals surface area contributed by atoms with Crippen LogP contribution in [0.4, 0.5) is 0 Å². The SMILES string of the molecule is C=COCCOC(=O)CC(C)=O. The zero-order chi connectivity index (χ0) is 9.40. The molecule has 4 nitrogen and oxygen atoms in total. The van der Waals surface area contributed by atoms with Gasteiger partial charge in [0.05, 0.1) is 6.26 Å². The molecule has 0 N–H and O–H groups in total. The molecule has 0 saturated carbocycles. The van der Waals surface area contributed by atoms with Crippen LogP contribution in [0.3, 0.4) is 0 Å². The van der Waals surface area contributed by atoms with Crippen molar-refractivity contribution in [3.8, 4) is 0 Å². The van der Waals surface area contributed by atoms with Crippen molar-refractivity contribution in [2.75, 3.05) is 13.2 Å². The third kappa shape index (κ3) is 6.80. The lowest BCUT2D eigenvalue weighted by Crippen LogP contribution is -2.12. The number of ether oxygens (including phenoxy) is 2. The molecule has 4 heteroatoms. The van der Waals surface area contributed by atoms with E-state index in [4.69, 9.17) is 4.74 Å². The van der Waals surface area contributed by atoms with E-state index in [0.29, 0.717) is 0 Å². The number of carbonyl (C=O) groups excluding carboxylic acids is 2. The van der Waals surface area contributed by atoms with Crippen LogP contribution >= 0.6 is 0 Å². The maximum atomic E-state index is 10.7. The quantitative estimate of drug-likeness (QED) is 0.256. The maximum Gasteiger partial charge on any atom is 0.313 e. The summed E-state index contributed by atoms with van der Waals surface area (Å²) in [5.41, 5.74) is 0. The molecule has 0 aromatic heterocycles. The highest BCUT2D eigenvalue weighted by molar-refractivity contribution is 5.94. The molecule has 0 aromatic rings. The summed E-state index contributed by atoms with van der Waals surface area (Å²) < 4.78 is 9.31. The fourth-order valence-corrected chi connectivity index (χ4v) is 0.541. The van der Waals surface area contributed by atoms with Gasteiger partial charge in [0.25, 0.3) is 0 Å². The topological polar surface area (TPSA) is 52.6 Å². The lowest BCUT2D eigenvalue weighted by atomic mass is 10.3. The summed E-state index contributed by atoms with van der Waals surface area (Å²) in [6, 6.07) is 0. The number of hydrogen-bond acceptors (Lipinski definition) is 4. The standard InChI is InChI=1S/C8H12O4/c1-3-11-4-5-12-8(10)6-7(2)9/h3H,1,4-6H2,2H3. The Labute approximate surface area is 71.2 Å². The second-order valence-electron chi connectivity index (χ2n) is 2.14. The normalized spacial score (nSPS) is 8.75. The van der Waals surface area contributed by atoms with Crippen LogP contribution in [0.2, 0.25) is 0 Å². The Hall–Kier alpha value is -1.32. The Kier molecular flexibility index (Phi) is 5.69. The van der Waals surface area contributed by atoms with Gasteiger partial charge in [-0.3, -0.25) is 9.59 Å². The Balaban J connectivity index is 3.31. The molecule has 0 saturated heterocycles. The summed E-state index contributed by atoms with van der Waals surface area (Å²) in [7, 11) is 0. The highest BCUT2D eigenvalue weighted by Gasteiger charge is 2.04. The van der Waals surface area contributed by atoms with Crippen LogP contribution in [0.5, 0.6) is 0 Å². The van der Waals surface area contributed by atoms with Crippen molar-refractivity contribution < 1.29 is 19.1 Å². The first-order valence-electron chi connectivity index (χ1n) is 3.54. The van der Waals surface area contributed by atoms with Gasteiger partial charge in [-0.2, -0.15) is 0 Å². The van der Waals surface area contributed by atoms with E-state index in [9.17, 15) is 9.59 Å². The summed E-state index contributed by atoms with van der Waals surface area (Å²) in [5, 5.41) is 0. The van der Waals surface area contributed by atoms with Gasteiger partial charge in [0.15, 0.2) is 0 Å². The van der Waals surface area contributed by atoms with Crippen LogP contribution in [-0.2, 0) is 19.1 Å². The molecule has 0 rings (SSSR count). The predicted molar refractivity (Wildman–Crippen MR) is 42.4 cm³/mol. The summed E-state index contributed by atoms with van der Waals surface area (Å²) in [4.78, 5) is 21.1. The molecular formula is C8H12O4. The molecule has 0 heterocycles. The van der Waals surface area contributed by atoms with Crippen LogP contribution in [0, 0.1) is 0 Å². The van der Waals surface area contributed by atoms with Crippen molar-refractivity contribution in [3.05, 3.63) is 12.8 Å². The third-order valence-electron chi connectivity index (χ3n) is 0.975. The molecule has 0 unspecified atom stereocenters. The van der Waals surface area contributed by atoms with E-state index in [0.717, 1.165) is 0 Å². The Bertz CT molecular complexity index is 174. The lowest BCUT2D eigenvalue weighted by molar-refractivity contribution is -0.146. The molecule has 0 aliphatic heterocycles. The molecule has 68 valence electrons. The largest absolute Gasteiger partial charge is 0.498 e.